The minimum Gasteiger partial charge on any atom is -0.463 e. The second kappa shape index (κ2) is 15.4. The highest BCUT2D eigenvalue weighted by Gasteiger charge is 2.32. The Hall–Kier alpha value is -3.45. The summed E-state index contributed by atoms with van der Waals surface area (Å²) in [6.07, 6.45) is 9.71. The Morgan fingerprint density at radius 2 is 1.60 bits per heavy atom. The van der Waals surface area contributed by atoms with E-state index in [-0.39, 0.29) is 49.4 Å². The van der Waals surface area contributed by atoms with Crippen molar-refractivity contribution in [3.8, 4) is 0 Å². The molecule has 2 amide bonds. The molecule has 4 rings (SSSR count). The summed E-state index contributed by atoms with van der Waals surface area (Å²) in [5.74, 6) is -1.34. The number of carbonyl (C=O) groups is 3. The lowest BCUT2D eigenvalue weighted by molar-refractivity contribution is -0.150. The summed E-state index contributed by atoms with van der Waals surface area (Å²) in [6, 6.07) is 19.2. The number of nitrogens with one attached hydrogen (secondary N) is 1. The standard InChI is InChI=1S/C33H42N2O5/c36-23-30-18-11-19-35(30)31(37)22-27-16-9-1-2-10-17-28(20-25-12-5-3-6-13-25)33(39)40-24-29(34-32(27)38)21-26-14-7-4-8-15-26/h1,3-9,12-15,27-30,36H,2,10-11,16-24H2,(H,34,38). The fourth-order valence-corrected chi connectivity index (χ4v) is 5.70. The van der Waals surface area contributed by atoms with E-state index in [1.54, 1.807) is 4.90 Å². The van der Waals surface area contributed by atoms with E-state index in [2.05, 4.69) is 11.4 Å². The number of aliphatic hydroxyl groups excluding tert-OH is 1. The van der Waals surface area contributed by atoms with Crippen molar-refractivity contribution in [1.29, 1.82) is 0 Å². The summed E-state index contributed by atoms with van der Waals surface area (Å²) >= 11 is 0. The predicted molar refractivity (Wildman–Crippen MR) is 154 cm³/mol. The quantitative estimate of drug-likeness (QED) is 0.400. The van der Waals surface area contributed by atoms with Gasteiger partial charge in [0.05, 0.1) is 30.5 Å². The lowest BCUT2D eigenvalue weighted by atomic mass is 9.93. The van der Waals surface area contributed by atoms with Crippen molar-refractivity contribution in [3.05, 3.63) is 83.9 Å². The van der Waals surface area contributed by atoms with Crippen molar-refractivity contribution in [2.75, 3.05) is 19.8 Å². The average Bonchev–Trinajstić information content (AvgIpc) is 3.46. The molecule has 7 heteroatoms. The lowest BCUT2D eigenvalue weighted by Crippen LogP contribution is -2.45. The predicted octanol–water partition coefficient (Wildman–Crippen LogP) is 4.24. The van der Waals surface area contributed by atoms with Gasteiger partial charge in [-0.15, -0.1) is 0 Å². The van der Waals surface area contributed by atoms with Gasteiger partial charge in [0, 0.05) is 13.0 Å². The van der Waals surface area contributed by atoms with Gasteiger partial charge in [-0.1, -0.05) is 72.8 Å². The molecule has 214 valence electrons. The molecule has 4 unspecified atom stereocenters. The molecule has 7 nitrogen and oxygen atoms in total. The Morgan fingerprint density at radius 3 is 2.30 bits per heavy atom. The molecule has 0 bridgehead atoms. The van der Waals surface area contributed by atoms with Crippen LogP contribution in [0, 0.1) is 11.8 Å². The fourth-order valence-electron chi connectivity index (χ4n) is 5.70. The number of cyclic esters (lactones) is 1. The molecule has 40 heavy (non-hydrogen) atoms. The zero-order valence-electron chi connectivity index (χ0n) is 23.3. The van der Waals surface area contributed by atoms with Gasteiger partial charge in [0.25, 0.3) is 0 Å². The molecular weight excluding hydrogens is 504 g/mol. The molecule has 0 radical (unpaired) electrons. The molecule has 1 saturated heterocycles. The van der Waals surface area contributed by atoms with Gasteiger partial charge in [-0.25, -0.2) is 0 Å². The summed E-state index contributed by atoms with van der Waals surface area (Å²) in [5.41, 5.74) is 2.13. The van der Waals surface area contributed by atoms with E-state index < -0.39 is 12.0 Å². The molecule has 2 aromatic rings. The van der Waals surface area contributed by atoms with Crippen LogP contribution in [0.4, 0.5) is 0 Å². The van der Waals surface area contributed by atoms with Crippen LogP contribution in [-0.2, 0) is 32.0 Å². The number of nitrogens with zero attached hydrogens (tertiary/aromatic N) is 1. The van der Waals surface area contributed by atoms with Crippen LogP contribution in [0.15, 0.2) is 72.8 Å². The number of rotatable bonds is 7. The van der Waals surface area contributed by atoms with Crippen molar-refractivity contribution >= 4 is 17.8 Å². The Bertz CT molecular complexity index is 1120. The largest absolute Gasteiger partial charge is 0.463 e. The highest BCUT2D eigenvalue weighted by atomic mass is 16.5. The van der Waals surface area contributed by atoms with E-state index in [1.807, 2.05) is 66.7 Å². The summed E-state index contributed by atoms with van der Waals surface area (Å²) in [4.78, 5) is 41.7. The normalized spacial score (nSPS) is 24.7. The summed E-state index contributed by atoms with van der Waals surface area (Å²) in [6.45, 7) is 0.628. The highest BCUT2D eigenvalue weighted by Crippen LogP contribution is 2.23. The van der Waals surface area contributed by atoms with Gasteiger partial charge < -0.3 is 20.1 Å². The number of allylic oxidation sites excluding steroid dienone is 2. The van der Waals surface area contributed by atoms with E-state index in [9.17, 15) is 19.5 Å². The van der Waals surface area contributed by atoms with E-state index in [1.165, 1.54) is 0 Å². The van der Waals surface area contributed by atoms with Gasteiger partial charge in [0.2, 0.25) is 11.8 Å². The number of hydrogen-bond acceptors (Lipinski definition) is 5. The van der Waals surface area contributed by atoms with Crippen LogP contribution in [0.3, 0.4) is 0 Å². The van der Waals surface area contributed by atoms with Crippen molar-refractivity contribution in [1.82, 2.24) is 10.2 Å². The number of likely N-dealkylation sites (tertiary alicyclic amines) is 1. The minimum atomic E-state index is -0.536. The summed E-state index contributed by atoms with van der Waals surface area (Å²) in [7, 11) is 0. The monoisotopic (exact) mass is 546 g/mol. The summed E-state index contributed by atoms with van der Waals surface area (Å²) in [5, 5.41) is 12.8. The van der Waals surface area contributed by atoms with Gasteiger partial charge in [0.1, 0.15) is 6.61 Å². The van der Waals surface area contributed by atoms with Gasteiger partial charge >= 0.3 is 5.97 Å². The van der Waals surface area contributed by atoms with Crippen molar-refractivity contribution in [2.45, 2.75) is 69.9 Å². The number of aliphatic hydroxyl groups is 1. The van der Waals surface area contributed by atoms with Crippen molar-refractivity contribution in [2.24, 2.45) is 11.8 Å². The van der Waals surface area contributed by atoms with Crippen LogP contribution < -0.4 is 5.32 Å². The third-order valence-electron chi connectivity index (χ3n) is 7.97. The second-order valence-corrected chi connectivity index (χ2v) is 11.0. The average molecular weight is 547 g/mol. The molecule has 1 fully saturated rings. The van der Waals surface area contributed by atoms with Crippen molar-refractivity contribution < 1.29 is 24.2 Å². The molecule has 2 aliphatic heterocycles. The van der Waals surface area contributed by atoms with Gasteiger partial charge in [-0.3, -0.25) is 14.4 Å². The number of esters is 1. The zero-order chi connectivity index (χ0) is 28.2. The topological polar surface area (TPSA) is 95.9 Å². The first kappa shape index (κ1) is 29.5. The maximum absolute atomic E-state index is 13.6. The van der Waals surface area contributed by atoms with E-state index in [0.717, 1.165) is 36.8 Å². The Morgan fingerprint density at radius 1 is 0.900 bits per heavy atom. The maximum atomic E-state index is 13.6. The molecule has 0 aliphatic carbocycles. The molecule has 0 aromatic heterocycles. The first-order valence-electron chi connectivity index (χ1n) is 14.6. The van der Waals surface area contributed by atoms with Crippen molar-refractivity contribution in [3.63, 3.8) is 0 Å². The second-order valence-electron chi connectivity index (χ2n) is 11.0. The van der Waals surface area contributed by atoms with Crippen LogP contribution in [0.1, 0.15) is 56.1 Å². The maximum Gasteiger partial charge on any atom is 0.309 e. The number of benzene rings is 2. The van der Waals surface area contributed by atoms with Crippen LogP contribution in [0.2, 0.25) is 0 Å². The number of amides is 2. The van der Waals surface area contributed by atoms with E-state index in [0.29, 0.717) is 32.2 Å². The zero-order valence-corrected chi connectivity index (χ0v) is 23.3. The number of ether oxygens (including phenoxy) is 1. The summed E-state index contributed by atoms with van der Waals surface area (Å²) < 4.78 is 5.86. The van der Waals surface area contributed by atoms with E-state index in [4.69, 9.17) is 4.74 Å². The number of hydrogen-bond donors (Lipinski definition) is 2. The molecular formula is C33H42N2O5. The minimum absolute atomic E-state index is 0.0573. The van der Waals surface area contributed by atoms with Gasteiger partial charge in [-0.2, -0.15) is 0 Å². The Labute approximate surface area is 237 Å². The van der Waals surface area contributed by atoms with E-state index >= 15 is 0 Å². The first-order valence-corrected chi connectivity index (χ1v) is 14.6. The molecule has 0 saturated carbocycles. The highest BCUT2D eigenvalue weighted by molar-refractivity contribution is 5.86. The van der Waals surface area contributed by atoms with Crippen LogP contribution >= 0.6 is 0 Å². The third kappa shape index (κ3) is 8.78. The first-order chi connectivity index (χ1) is 19.5. The molecule has 4 atom stereocenters. The molecule has 2 aliphatic rings. The molecule has 2 N–H and O–H groups in total. The Kier molecular flexibility index (Phi) is 11.3. The molecule has 0 spiro atoms. The third-order valence-corrected chi connectivity index (χ3v) is 7.97. The molecule has 2 heterocycles. The van der Waals surface area contributed by atoms with Gasteiger partial charge in [-0.05, 0) is 62.5 Å². The number of carbonyl (C=O) groups excluding carboxylic acids is 3. The SMILES string of the molecule is O=C1NC(Cc2ccccc2)COC(=O)C(Cc2ccccc2)CCCC=CCC1CC(=O)N1CCCC1CO. The smallest absolute Gasteiger partial charge is 0.309 e. The fraction of sp³-hybridized carbons (Fsp3) is 0.485. The van der Waals surface area contributed by atoms with Crippen LogP contribution in [-0.4, -0.2) is 59.6 Å². The molecule has 2 aromatic carbocycles. The van der Waals surface area contributed by atoms with Crippen LogP contribution in [0.5, 0.6) is 0 Å². The van der Waals surface area contributed by atoms with Crippen LogP contribution in [0.25, 0.3) is 0 Å². The Balaban J connectivity index is 1.50. The lowest BCUT2D eigenvalue weighted by Gasteiger charge is -2.27. The van der Waals surface area contributed by atoms with Gasteiger partial charge in [0.15, 0.2) is 0 Å².